The van der Waals surface area contributed by atoms with Crippen LogP contribution in [0.5, 0.6) is 0 Å². The third kappa shape index (κ3) is 3.13. The average molecular weight is 265 g/mol. The van der Waals surface area contributed by atoms with Crippen LogP contribution >= 0.6 is 0 Å². The number of morpholine rings is 1. The lowest BCUT2D eigenvalue weighted by atomic mass is 9.86. The standard InChI is InChI=1S/C15H20FNO2/c1-15(2,3)12-5-4-11(10-13(12)16)14(18)17-6-8-19-9-7-17/h4-5,10H,6-9H2,1-3H3. The molecule has 1 aliphatic heterocycles. The van der Waals surface area contributed by atoms with E-state index < -0.39 is 0 Å². The van der Waals surface area contributed by atoms with Gasteiger partial charge in [0.05, 0.1) is 13.2 Å². The van der Waals surface area contributed by atoms with E-state index in [0.717, 1.165) is 0 Å². The van der Waals surface area contributed by atoms with Gasteiger partial charge in [0.25, 0.3) is 5.91 Å². The number of benzene rings is 1. The minimum Gasteiger partial charge on any atom is -0.378 e. The molecule has 1 aromatic carbocycles. The van der Waals surface area contributed by atoms with Gasteiger partial charge in [0, 0.05) is 18.7 Å². The summed E-state index contributed by atoms with van der Waals surface area (Å²) >= 11 is 0. The molecule has 0 N–H and O–H groups in total. The molecule has 1 aromatic rings. The van der Waals surface area contributed by atoms with E-state index in [0.29, 0.717) is 37.4 Å². The number of carbonyl (C=O) groups is 1. The quantitative estimate of drug-likeness (QED) is 0.781. The van der Waals surface area contributed by atoms with Crippen LogP contribution < -0.4 is 0 Å². The maximum Gasteiger partial charge on any atom is 0.254 e. The summed E-state index contributed by atoms with van der Waals surface area (Å²) in [4.78, 5) is 13.9. The smallest absolute Gasteiger partial charge is 0.254 e. The van der Waals surface area contributed by atoms with Gasteiger partial charge in [0.15, 0.2) is 0 Å². The van der Waals surface area contributed by atoms with E-state index >= 15 is 0 Å². The van der Waals surface area contributed by atoms with Crippen molar-refractivity contribution in [3.8, 4) is 0 Å². The van der Waals surface area contributed by atoms with Gasteiger partial charge in [-0.25, -0.2) is 4.39 Å². The Morgan fingerprint density at radius 3 is 2.42 bits per heavy atom. The number of hydrogen-bond donors (Lipinski definition) is 0. The fraction of sp³-hybridized carbons (Fsp3) is 0.533. The van der Waals surface area contributed by atoms with Crippen molar-refractivity contribution in [1.82, 2.24) is 4.90 Å². The van der Waals surface area contributed by atoms with Gasteiger partial charge in [0.2, 0.25) is 0 Å². The highest BCUT2D eigenvalue weighted by Gasteiger charge is 2.22. The lowest BCUT2D eigenvalue weighted by Crippen LogP contribution is -2.40. The second-order valence-electron chi connectivity index (χ2n) is 5.85. The van der Waals surface area contributed by atoms with Crippen LogP contribution in [0.2, 0.25) is 0 Å². The molecule has 4 heteroatoms. The van der Waals surface area contributed by atoms with Crippen LogP contribution in [-0.2, 0) is 10.2 Å². The lowest BCUT2D eigenvalue weighted by molar-refractivity contribution is 0.0302. The summed E-state index contributed by atoms with van der Waals surface area (Å²) in [6.07, 6.45) is 0. The first-order valence-corrected chi connectivity index (χ1v) is 6.56. The fourth-order valence-electron chi connectivity index (χ4n) is 2.21. The molecule has 0 aliphatic carbocycles. The average Bonchev–Trinajstić information content (AvgIpc) is 2.37. The van der Waals surface area contributed by atoms with Crippen molar-refractivity contribution in [1.29, 1.82) is 0 Å². The molecule has 0 unspecified atom stereocenters. The van der Waals surface area contributed by atoms with Gasteiger partial charge in [-0.15, -0.1) is 0 Å². The van der Waals surface area contributed by atoms with Crippen LogP contribution in [0.4, 0.5) is 4.39 Å². The highest BCUT2D eigenvalue weighted by molar-refractivity contribution is 5.94. The van der Waals surface area contributed by atoms with E-state index in [4.69, 9.17) is 4.74 Å². The summed E-state index contributed by atoms with van der Waals surface area (Å²) in [6, 6.07) is 4.77. The van der Waals surface area contributed by atoms with Crippen LogP contribution in [0.25, 0.3) is 0 Å². The third-order valence-electron chi connectivity index (χ3n) is 3.32. The Labute approximate surface area is 113 Å². The zero-order chi connectivity index (χ0) is 14.0. The van der Waals surface area contributed by atoms with Crippen molar-refractivity contribution >= 4 is 5.91 Å². The summed E-state index contributed by atoms with van der Waals surface area (Å²) in [7, 11) is 0. The number of rotatable bonds is 1. The van der Waals surface area contributed by atoms with Crippen molar-refractivity contribution in [3.63, 3.8) is 0 Å². The molecule has 19 heavy (non-hydrogen) atoms. The van der Waals surface area contributed by atoms with Gasteiger partial charge in [0.1, 0.15) is 5.82 Å². The maximum absolute atomic E-state index is 14.1. The number of amides is 1. The van der Waals surface area contributed by atoms with Gasteiger partial charge < -0.3 is 9.64 Å². The number of halogens is 1. The Bertz CT molecular complexity index is 474. The molecule has 1 fully saturated rings. The summed E-state index contributed by atoms with van der Waals surface area (Å²) in [6.45, 7) is 8.10. The Balaban J connectivity index is 2.22. The minimum absolute atomic E-state index is 0.123. The van der Waals surface area contributed by atoms with Crippen LogP contribution in [0, 0.1) is 5.82 Å². The van der Waals surface area contributed by atoms with E-state index in [1.807, 2.05) is 20.8 Å². The van der Waals surface area contributed by atoms with Crippen molar-refractivity contribution in [2.24, 2.45) is 0 Å². The Kier molecular flexibility index (Phi) is 3.90. The molecule has 0 aromatic heterocycles. The van der Waals surface area contributed by atoms with Crippen molar-refractivity contribution in [3.05, 3.63) is 35.1 Å². The molecule has 2 rings (SSSR count). The Morgan fingerprint density at radius 1 is 1.26 bits per heavy atom. The van der Waals surface area contributed by atoms with E-state index in [1.54, 1.807) is 17.0 Å². The molecule has 1 saturated heterocycles. The SMILES string of the molecule is CC(C)(C)c1ccc(C(=O)N2CCOCC2)cc1F. The molecule has 3 nitrogen and oxygen atoms in total. The third-order valence-corrected chi connectivity index (χ3v) is 3.32. The summed E-state index contributed by atoms with van der Waals surface area (Å²) in [5.74, 6) is -0.436. The number of ether oxygens (including phenoxy) is 1. The molecule has 1 amide bonds. The van der Waals surface area contributed by atoms with Gasteiger partial charge in [-0.2, -0.15) is 0 Å². The number of hydrogen-bond acceptors (Lipinski definition) is 2. The molecule has 0 saturated carbocycles. The zero-order valence-corrected chi connectivity index (χ0v) is 11.7. The highest BCUT2D eigenvalue weighted by Crippen LogP contribution is 2.26. The molecule has 0 spiro atoms. The molecular formula is C15H20FNO2. The van der Waals surface area contributed by atoms with E-state index in [1.165, 1.54) is 6.07 Å². The second kappa shape index (κ2) is 5.29. The number of carbonyl (C=O) groups excluding carboxylic acids is 1. The van der Waals surface area contributed by atoms with Crippen molar-refractivity contribution in [2.45, 2.75) is 26.2 Å². The first-order chi connectivity index (χ1) is 8.89. The van der Waals surface area contributed by atoms with E-state index in [2.05, 4.69) is 0 Å². The topological polar surface area (TPSA) is 29.5 Å². The van der Waals surface area contributed by atoms with Crippen molar-refractivity contribution in [2.75, 3.05) is 26.3 Å². The second-order valence-corrected chi connectivity index (χ2v) is 5.85. The van der Waals surface area contributed by atoms with Crippen LogP contribution in [-0.4, -0.2) is 37.1 Å². The predicted octanol–water partition coefficient (Wildman–Crippen LogP) is 2.60. The molecule has 0 bridgehead atoms. The van der Waals surface area contributed by atoms with E-state index in [-0.39, 0.29) is 17.1 Å². The molecule has 104 valence electrons. The lowest BCUT2D eigenvalue weighted by Gasteiger charge is -2.27. The highest BCUT2D eigenvalue weighted by atomic mass is 19.1. The Hall–Kier alpha value is -1.42. The largest absolute Gasteiger partial charge is 0.378 e. The molecule has 1 heterocycles. The van der Waals surface area contributed by atoms with Gasteiger partial charge >= 0.3 is 0 Å². The molecule has 1 aliphatic rings. The first kappa shape index (κ1) is 14.0. The summed E-state index contributed by atoms with van der Waals surface area (Å²) in [5.41, 5.74) is 0.781. The molecule has 0 atom stereocenters. The summed E-state index contributed by atoms with van der Waals surface area (Å²) < 4.78 is 19.3. The zero-order valence-electron chi connectivity index (χ0n) is 11.7. The van der Waals surface area contributed by atoms with Gasteiger partial charge in [-0.05, 0) is 23.1 Å². The van der Waals surface area contributed by atoms with Crippen molar-refractivity contribution < 1.29 is 13.9 Å². The van der Waals surface area contributed by atoms with Gasteiger partial charge in [-0.1, -0.05) is 26.8 Å². The number of nitrogens with zero attached hydrogens (tertiary/aromatic N) is 1. The normalized spacial score (nSPS) is 16.5. The van der Waals surface area contributed by atoms with Gasteiger partial charge in [-0.3, -0.25) is 4.79 Å². The molecule has 0 radical (unpaired) electrons. The summed E-state index contributed by atoms with van der Waals surface area (Å²) in [5, 5.41) is 0. The van der Waals surface area contributed by atoms with Crippen LogP contribution in [0.1, 0.15) is 36.7 Å². The monoisotopic (exact) mass is 265 g/mol. The maximum atomic E-state index is 14.1. The van der Waals surface area contributed by atoms with Crippen LogP contribution in [0.3, 0.4) is 0 Å². The fourth-order valence-corrected chi connectivity index (χ4v) is 2.21. The first-order valence-electron chi connectivity index (χ1n) is 6.56. The predicted molar refractivity (Wildman–Crippen MR) is 71.8 cm³/mol. The minimum atomic E-state index is -0.313. The van der Waals surface area contributed by atoms with E-state index in [9.17, 15) is 9.18 Å². The molecular weight excluding hydrogens is 245 g/mol. The van der Waals surface area contributed by atoms with Crippen LogP contribution in [0.15, 0.2) is 18.2 Å². The Morgan fingerprint density at radius 2 is 1.89 bits per heavy atom.